The zero-order valence-electron chi connectivity index (χ0n) is 8.91. The Morgan fingerprint density at radius 3 is 2.25 bits per heavy atom. The second-order valence-electron chi connectivity index (χ2n) is 3.29. The predicted molar refractivity (Wildman–Crippen MR) is 60.7 cm³/mol. The maximum Gasteiger partial charge on any atom is 0.327 e. The van der Waals surface area contributed by atoms with Crippen LogP contribution in [0, 0.1) is 6.92 Å². The normalized spacial score (nSPS) is 9.31. The molecular weight excluding hydrogens is 206 g/mol. The first kappa shape index (κ1) is 11.8. The molecule has 0 atom stereocenters. The van der Waals surface area contributed by atoms with Gasteiger partial charge in [-0.1, -0.05) is 36.4 Å². The highest BCUT2D eigenvalue weighted by Gasteiger charge is 2.07. The molecule has 0 aromatic heterocycles. The van der Waals surface area contributed by atoms with Crippen molar-refractivity contribution < 1.29 is 9.59 Å². The van der Waals surface area contributed by atoms with E-state index in [2.05, 4.69) is 17.4 Å². The lowest BCUT2D eigenvalue weighted by atomic mass is 10.1. The number of nitrogens with one attached hydrogen (secondary N) is 2. The summed E-state index contributed by atoms with van der Waals surface area (Å²) in [5.41, 5.74) is 11.8. The van der Waals surface area contributed by atoms with Crippen LogP contribution in [-0.2, 0) is 9.59 Å². The van der Waals surface area contributed by atoms with Gasteiger partial charge in [-0.3, -0.25) is 20.4 Å². The van der Waals surface area contributed by atoms with Crippen molar-refractivity contribution in [2.24, 2.45) is 5.73 Å². The number of hydrazine groups is 1. The summed E-state index contributed by atoms with van der Waals surface area (Å²) in [5.74, 6) is -1.96. The number of benzene rings is 1. The summed E-state index contributed by atoms with van der Waals surface area (Å²) >= 11 is 0. The lowest BCUT2D eigenvalue weighted by Crippen LogP contribution is -2.43. The molecule has 5 nitrogen and oxygen atoms in total. The molecule has 0 fully saturated rings. The fourth-order valence-electron chi connectivity index (χ4n) is 1.02. The molecule has 1 aromatic carbocycles. The van der Waals surface area contributed by atoms with E-state index in [-0.39, 0.29) is 0 Å². The standard InChI is InChI=1S/C11H13N3O2/c1-7-3-5-9(6-4-7)8(2)13-14-11(16)10(12)15/h3-6,13H,2H2,1H3,(H2,12,15)(H,14,16). The second kappa shape index (κ2) is 4.97. The van der Waals surface area contributed by atoms with Crippen molar-refractivity contribution in [3.8, 4) is 0 Å². The average Bonchev–Trinajstić information content (AvgIpc) is 2.26. The Kier molecular flexibility index (Phi) is 3.66. The first-order valence-corrected chi connectivity index (χ1v) is 4.62. The quantitative estimate of drug-likeness (QED) is 0.497. The molecule has 0 radical (unpaired) electrons. The average molecular weight is 219 g/mol. The van der Waals surface area contributed by atoms with Gasteiger partial charge in [0, 0.05) is 0 Å². The molecule has 0 unspecified atom stereocenters. The van der Waals surface area contributed by atoms with Crippen LogP contribution in [0.4, 0.5) is 0 Å². The number of hydrogen-bond acceptors (Lipinski definition) is 3. The summed E-state index contributed by atoms with van der Waals surface area (Å²) in [7, 11) is 0. The number of carbonyl (C=O) groups is 2. The minimum Gasteiger partial charge on any atom is -0.361 e. The Bertz CT molecular complexity index is 423. The van der Waals surface area contributed by atoms with Gasteiger partial charge in [0.05, 0.1) is 5.70 Å². The number of rotatable bonds is 3. The maximum atomic E-state index is 10.8. The first-order chi connectivity index (χ1) is 7.50. The molecule has 0 aliphatic heterocycles. The van der Waals surface area contributed by atoms with Crippen LogP contribution in [0.15, 0.2) is 30.8 Å². The number of carbonyl (C=O) groups excluding carboxylic acids is 2. The zero-order chi connectivity index (χ0) is 12.1. The van der Waals surface area contributed by atoms with E-state index < -0.39 is 11.8 Å². The van der Waals surface area contributed by atoms with Crippen LogP contribution in [0.3, 0.4) is 0 Å². The fourth-order valence-corrected chi connectivity index (χ4v) is 1.02. The molecule has 0 aliphatic rings. The summed E-state index contributed by atoms with van der Waals surface area (Å²) < 4.78 is 0. The lowest BCUT2D eigenvalue weighted by molar-refractivity contribution is -0.137. The third-order valence-electron chi connectivity index (χ3n) is 1.95. The van der Waals surface area contributed by atoms with E-state index in [1.807, 2.05) is 31.2 Å². The molecule has 0 bridgehead atoms. The van der Waals surface area contributed by atoms with Crippen LogP contribution in [0.2, 0.25) is 0 Å². The summed E-state index contributed by atoms with van der Waals surface area (Å²) in [6.45, 7) is 5.68. The van der Waals surface area contributed by atoms with Gasteiger partial charge in [0.1, 0.15) is 0 Å². The van der Waals surface area contributed by atoms with E-state index in [4.69, 9.17) is 5.73 Å². The van der Waals surface area contributed by atoms with Gasteiger partial charge in [-0.25, -0.2) is 0 Å². The van der Waals surface area contributed by atoms with Crippen molar-refractivity contribution in [1.29, 1.82) is 0 Å². The highest BCUT2D eigenvalue weighted by Crippen LogP contribution is 2.09. The maximum absolute atomic E-state index is 10.8. The van der Waals surface area contributed by atoms with Crippen molar-refractivity contribution in [3.05, 3.63) is 42.0 Å². The van der Waals surface area contributed by atoms with Crippen molar-refractivity contribution in [1.82, 2.24) is 10.9 Å². The van der Waals surface area contributed by atoms with Gasteiger partial charge in [0.15, 0.2) is 0 Å². The first-order valence-electron chi connectivity index (χ1n) is 4.62. The highest BCUT2D eigenvalue weighted by atomic mass is 16.2. The van der Waals surface area contributed by atoms with E-state index in [9.17, 15) is 9.59 Å². The SMILES string of the molecule is C=C(NNC(=O)C(N)=O)c1ccc(C)cc1. The van der Waals surface area contributed by atoms with E-state index in [0.717, 1.165) is 11.1 Å². The van der Waals surface area contributed by atoms with E-state index in [1.54, 1.807) is 0 Å². The Morgan fingerprint density at radius 2 is 1.75 bits per heavy atom. The second-order valence-corrected chi connectivity index (χ2v) is 3.29. The van der Waals surface area contributed by atoms with Gasteiger partial charge in [-0.2, -0.15) is 0 Å². The van der Waals surface area contributed by atoms with Gasteiger partial charge in [0.25, 0.3) is 0 Å². The van der Waals surface area contributed by atoms with E-state index in [0.29, 0.717) is 5.70 Å². The van der Waals surface area contributed by atoms with Crippen LogP contribution in [-0.4, -0.2) is 11.8 Å². The van der Waals surface area contributed by atoms with Crippen LogP contribution in [0.25, 0.3) is 5.70 Å². The Morgan fingerprint density at radius 1 is 1.19 bits per heavy atom. The number of nitrogens with two attached hydrogens (primary N) is 1. The Balaban J connectivity index is 2.56. The Labute approximate surface area is 93.3 Å². The van der Waals surface area contributed by atoms with Crippen molar-refractivity contribution in [2.45, 2.75) is 6.92 Å². The van der Waals surface area contributed by atoms with Crippen molar-refractivity contribution >= 4 is 17.5 Å². The summed E-state index contributed by atoms with van der Waals surface area (Å²) in [6.07, 6.45) is 0. The molecule has 2 amide bonds. The number of aryl methyl sites for hydroxylation is 1. The van der Waals surface area contributed by atoms with Crippen LogP contribution >= 0.6 is 0 Å². The molecule has 16 heavy (non-hydrogen) atoms. The third kappa shape index (κ3) is 3.13. The molecule has 1 rings (SSSR count). The Hall–Kier alpha value is -2.30. The third-order valence-corrected chi connectivity index (χ3v) is 1.95. The largest absolute Gasteiger partial charge is 0.361 e. The molecule has 1 aromatic rings. The number of primary amides is 1. The lowest BCUT2D eigenvalue weighted by Gasteiger charge is -2.09. The van der Waals surface area contributed by atoms with Gasteiger partial charge < -0.3 is 5.73 Å². The minimum absolute atomic E-state index is 0.481. The van der Waals surface area contributed by atoms with E-state index >= 15 is 0 Å². The summed E-state index contributed by atoms with van der Waals surface area (Å²) in [6, 6.07) is 7.53. The molecule has 84 valence electrons. The zero-order valence-corrected chi connectivity index (χ0v) is 8.91. The monoisotopic (exact) mass is 219 g/mol. The van der Waals surface area contributed by atoms with Gasteiger partial charge in [-0.05, 0) is 12.5 Å². The fraction of sp³-hybridized carbons (Fsp3) is 0.0909. The van der Waals surface area contributed by atoms with Crippen LogP contribution < -0.4 is 16.6 Å². The van der Waals surface area contributed by atoms with E-state index in [1.165, 1.54) is 0 Å². The number of hydrogen-bond donors (Lipinski definition) is 3. The molecular formula is C11H13N3O2. The van der Waals surface area contributed by atoms with Crippen molar-refractivity contribution in [3.63, 3.8) is 0 Å². The minimum atomic E-state index is -1.05. The smallest absolute Gasteiger partial charge is 0.327 e. The van der Waals surface area contributed by atoms with Crippen LogP contribution in [0.1, 0.15) is 11.1 Å². The molecule has 0 aliphatic carbocycles. The van der Waals surface area contributed by atoms with Gasteiger partial charge in [0.2, 0.25) is 0 Å². The molecule has 4 N–H and O–H groups in total. The summed E-state index contributed by atoms with van der Waals surface area (Å²) in [5, 5.41) is 0. The molecule has 0 spiro atoms. The molecule has 5 heteroatoms. The van der Waals surface area contributed by atoms with Crippen LogP contribution in [0.5, 0.6) is 0 Å². The summed E-state index contributed by atoms with van der Waals surface area (Å²) in [4.78, 5) is 21.3. The van der Waals surface area contributed by atoms with Crippen molar-refractivity contribution in [2.75, 3.05) is 0 Å². The number of amides is 2. The predicted octanol–water partition coefficient (Wildman–Crippen LogP) is 0.0718. The topological polar surface area (TPSA) is 84.2 Å². The van der Waals surface area contributed by atoms with Gasteiger partial charge >= 0.3 is 11.8 Å². The van der Waals surface area contributed by atoms with Gasteiger partial charge in [-0.15, -0.1) is 0 Å². The molecule has 0 saturated carbocycles. The molecule has 0 saturated heterocycles. The highest BCUT2D eigenvalue weighted by molar-refractivity contribution is 6.34. The molecule has 0 heterocycles.